The summed E-state index contributed by atoms with van der Waals surface area (Å²) in [4.78, 5) is 30.9. The first-order valence-electron chi connectivity index (χ1n) is 10.4. The Morgan fingerprint density at radius 1 is 0.938 bits per heavy atom. The molecule has 7 heteroatoms. The lowest BCUT2D eigenvalue weighted by Gasteiger charge is -2.22. The minimum Gasteiger partial charge on any atom is -0.360 e. The Labute approximate surface area is 184 Å². The van der Waals surface area contributed by atoms with Crippen LogP contribution in [0.25, 0.3) is 27.6 Å². The van der Waals surface area contributed by atoms with Crippen molar-refractivity contribution in [3.8, 4) is 5.69 Å². The zero-order valence-corrected chi connectivity index (χ0v) is 18.1. The van der Waals surface area contributed by atoms with E-state index in [1.54, 1.807) is 17.0 Å². The first-order valence-corrected chi connectivity index (χ1v) is 10.4. The summed E-state index contributed by atoms with van der Waals surface area (Å²) in [5, 5.41) is 5.06. The predicted octanol–water partition coefficient (Wildman–Crippen LogP) is 4.51. The van der Waals surface area contributed by atoms with Gasteiger partial charge in [-0.3, -0.25) is 9.36 Å². The monoisotopic (exact) mass is 422 g/mol. The molecule has 1 atom stereocenters. The molecule has 0 aliphatic heterocycles. The van der Waals surface area contributed by atoms with Crippen molar-refractivity contribution in [2.45, 2.75) is 26.8 Å². The van der Waals surface area contributed by atoms with Crippen molar-refractivity contribution >= 4 is 27.8 Å². The molecule has 1 N–H and O–H groups in total. The first kappa shape index (κ1) is 19.8. The second kappa shape index (κ2) is 7.85. The average Bonchev–Trinajstić information content (AvgIpc) is 2.79. The van der Waals surface area contributed by atoms with Crippen LogP contribution < -0.4 is 10.9 Å². The number of hydrogen-bond donors (Lipinski definition) is 1. The summed E-state index contributed by atoms with van der Waals surface area (Å²) in [6.45, 7) is 6.00. The highest BCUT2D eigenvalue weighted by Crippen LogP contribution is 2.26. The van der Waals surface area contributed by atoms with Gasteiger partial charge in [-0.15, -0.1) is 0 Å². The molecule has 0 saturated heterocycles. The molecule has 32 heavy (non-hydrogen) atoms. The summed E-state index contributed by atoms with van der Waals surface area (Å²) in [5.41, 5.74) is 4.76. The van der Waals surface area contributed by atoms with Gasteiger partial charge in [0.1, 0.15) is 11.8 Å². The van der Waals surface area contributed by atoms with Crippen molar-refractivity contribution in [3.63, 3.8) is 0 Å². The average molecular weight is 422 g/mol. The van der Waals surface area contributed by atoms with E-state index in [0.29, 0.717) is 17.0 Å². The molecule has 7 nitrogen and oxygen atoms in total. The largest absolute Gasteiger partial charge is 0.360 e. The van der Waals surface area contributed by atoms with Crippen LogP contribution in [0, 0.1) is 13.8 Å². The van der Waals surface area contributed by atoms with Crippen molar-refractivity contribution in [2.24, 2.45) is 0 Å². The molecule has 3 heterocycles. The summed E-state index contributed by atoms with van der Waals surface area (Å²) in [6, 6.07) is 15.7. The maximum Gasteiger partial charge on any atom is 0.263 e. The van der Waals surface area contributed by atoms with E-state index < -0.39 is 0 Å². The minimum absolute atomic E-state index is 0.0396. The Bertz CT molecular complexity index is 1520. The van der Waals surface area contributed by atoms with Crippen molar-refractivity contribution < 1.29 is 0 Å². The number of nitrogens with zero attached hydrogens (tertiary/aromatic N) is 5. The molecule has 0 amide bonds. The number of pyridine rings is 1. The van der Waals surface area contributed by atoms with Crippen LogP contribution >= 0.6 is 0 Å². The van der Waals surface area contributed by atoms with E-state index in [1.807, 2.05) is 63.2 Å². The summed E-state index contributed by atoms with van der Waals surface area (Å²) < 4.78 is 1.79. The van der Waals surface area contributed by atoms with Gasteiger partial charge in [-0.05, 0) is 55.5 Å². The fourth-order valence-electron chi connectivity index (χ4n) is 4.09. The van der Waals surface area contributed by atoms with Crippen LogP contribution in [0.1, 0.15) is 29.8 Å². The maximum absolute atomic E-state index is 13.7. The lowest BCUT2D eigenvalue weighted by Crippen LogP contribution is -2.26. The Balaban J connectivity index is 1.72. The fraction of sp³-hybridized carbons (Fsp3) is 0.160. The van der Waals surface area contributed by atoms with Crippen molar-refractivity contribution in [3.05, 3.63) is 94.4 Å². The van der Waals surface area contributed by atoms with Gasteiger partial charge in [-0.1, -0.05) is 30.3 Å². The second-order valence-corrected chi connectivity index (χ2v) is 7.90. The summed E-state index contributed by atoms with van der Waals surface area (Å²) in [6.07, 6.45) is 4.68. The second-order valence-electron chi connectivity index (χ2n) is 7.90. The number of aryl methyl sites for hydroxylation is 2. The zero-order valence-electron chi connectivity index (χ0n) is 18.1. The number of anilines is 1. The third kappa shape index (κ3) is 3.37. The first-order chi connectivity index (χ1) is 15.5. The Morgan fingerprint density at radius 2 is 1.75 bits per heavy atom. The van der Waals surface area contributed by atoms with Gasteiger partial charge in [0.2, 0.25) is 0 Å². The number of benzene rings is 2. The normalized spacial score (nSPS) is 12.2. The van der Waals surface area contributed by atoms with E-state index in [9.17, 15) is 4.79 Å². The standard InChI is InChI=1S/C25H22N6O/c1-15-6-4-9-19(12-15)31-20(13-18-8-5-7-16(2)21(18)25(31)32)17(3)30-24-22-23(28-14-29-24)27-11-10-26-22/h4-14,17H,1-3H3,(H,27,28,29,30)/t17-/m0/s1. The van der Waals surface area contributed by atoms with Crippen LogP contribution in [-0.2, 0) is 0 Å². The highest BCUT2D eigenvalue weighted by molar-refractivity contribution is 5.86. The molecule has 5 aromatic rings. The van der Waals surface area contributed by atoms with Crippen molar-refractivity contribution in [2.75, 3.05) is 5.32 Å². The van der Waals surface area contributed by atoms with Crippen molar-refractivity contribution in [1.82, 2.24) is 24.5 Å². The molecule has 0 unspecified atom stereocenters. The molecule has 158 valence electrons. The predicted molar refractivity (Wildman–Crippen MR) is 126 cm³/mol. The molecule has 5 rings (SSSR count). The summed E-state index contributed by atoms with van der Waals surface area (Å²) >= 11 is 0. The Morgan fingerprint density at radius 3 is 2.59 bits per heavy atom. The maximum atomic E-state index is 13.7. The number of nitrogens with one attached hydrogen (secondary N) is 1. The third-order valence-corrected chi connectivity index (χ3v) is 5.61. The quantitative estimate of drug-likeness (QED) is 0.459. The van der Waals surface area contributed by atoms with Gasteiger partial charge < -0.3 is 5.32 Å². The molecule has 0 saturated carbocycles. The van der Waals surface area contributed by atoms with E-state index in [2.05, 4.69) is 31.3 Å². The molecule has 0 spiro atoms. The van der Waals surface area contributed by atoms with Crippen LogP contribution in [0.2, 0.25) is 0 Å². The molecule has 0 radical (unpaired) electrons. The molecule has 2 aromatic carbocycles. The molecular weight excluding hydrogens is 400 g/mol. The smallest absolute Gasteiger partial charge is 0.263 e. The van der Waals surface area contributed by atoms with E-state index in [4.69, 9.17) is 0 Å². The van der Waals surface area contributed by atoms with Crippen LogP contribution in [-0.4, -0.2) is 24.5 Å². The SMILES string of the molecule is Cc1cccc(-n2c([C@H](C)Nc3ncnc4nccnc34)cc3cccc(C)c3c2=O)c1. The summed E-state index contributed by atoms with van der Waals surface area (Å²) in [7, 11) is 0. The van der Waals surface area contributed by atoms with Gasteiger partial charge in [0, 0.05) is 23.8 Å². The highest BCUT2D eigenvalue weighted by atomic mass is 16.1. The Hall–Kier alpha value is -4.13. The van der Waals surface area contributed by atoms with E-state index in [1.165, 1.54) is 6.33 Å². The molecule has 3 aromatic heterocycles. The van der Waals surface area contributed by atoms with Gasteiger partial charge in [0.15, 0.2) is 11.5 Å². The third-order valence-electron chi connectivity index (χ3n) is 5.61. The highest BCUT2D eigenvalue weighted by Gasteiger charge is 2.19. The van der Waals surface area contributed by atoms with Crippen LogP contribution in [0.5, 0.6) is 0 Å². The molecule has 0 bridgehead atoms. The number of fused-ring (bicyclic) bond motifs is 2. The van der Waals surface area contributed by atoms with Gasteiger partial charge in [0.25, 0.3) is 5.56 Å². The summed E-state index contributed by atoms with van der Waals surface area (Å²) in [5.74, 6) is 0.572. The topological polar surface area (TPSA) is 85.6 Å². The number of hydrogen-bond acceptors (Lipinski definition) is 6. The Kier molecular flexibility index (Phi) is 4.86. The molecule has 0 fully saturated rings. The lowest BCUT2D eigenvalue weighted by molar-refractivity contribution is 0.773. The van der Waals surface area contributed by atoms with E-state index in [-0.39, 0.29) is 11.6 Å². The van der Waals surface area contributed by atoms with Gasteiger partial charge in [-0.25, -0.2) is 19.9 Å². The lowest BCUT2D eigenvalue weighted by atomic mass is 10.0. The van der Waals surface area contributed by atoms with E-state index in [0.717, 1.165) is 33.3 Å². The van der Waals surface area contributed by atoms with Gasteiger partial charge in [0.05, 0.1) is 11.4 Å². The van der Waals surface area contributed by atoms with Crippen LogP contribution in [0.15, 0.2) is 72.0 Å². The molecule has 0 aliphatic rings. The number of rotatable bonds is 4. The van der Waals surface area contributed by atoms with Crippen molar-refractivity contribution in [1.29, 1.82) is 0 Å². The van der Waals surface area contributed by atoms with Gasteiger partial charge in [-0.2, -0.15) is 0 Å². The molecule has 0 aliphatic carbocycles. The zero-order chi connectivity index (χ0) is 22.2. The van der Waals surface area contributed by atoms with Crippen LogP contribution in [0.3, 0.4) is 0 Å². The van der Waals surface area contributed by atoms with Crippen LogP contribution in [0.4, 0.5) is 5.82 Å². The van der Waals surface area contributed by atoms with Gasteiger partial charge >= 0.3 is 0 Å². The minimum atomic E-state index is -0.242. The fourth-order valence-corrected chi connectivity index (χ4v) is 4.09. The number of aromatic nitrogens is 5. The van der Waals surface area contributed by atoms with E-state index >= 15 is 0 Å². The molecular formula is C25H22N6O.